The lowest BCUT2D eigenvalue weighted by molar-refractivity contribution is -0.134. The van der Waals surface area contributed by atoms with Crippen molar-refractivity contribution in [2.24, 2.45) is 11.1 Å². The third-order valence-corrected chi connectivity index (χ3v) is 4.86. The van der Waals surface area contributed by atoms with Crippen molar-refractivity contribution in [3.05, 3.63) is 42.0 Å². The normalized spacial score (nSPS) is 17.7. The van der Waals surface area contributed by atoms with Crippen LogP contribution in [0.1, 0.15) is 37.4 Å². The molecule has 0 aromatic heterocycles. The monoisotopic (exact) mass is 301 g/mol. The Labute approximate surface area is 129 Å². The fourth-order valence-electron chi connectivity index (χ4n) is 3.28. The Balaban J connectivity index is 1.96. The zero-order valence-electron chi connectivity index (χ0n) is 12.6. The average Bonchev–Trinajstić information content (AvgIpc) is 2.49. The zero-order chi connectivity index (χ0) is 15.7. The number of carbonyl (C=O) groups is 1. The fraction of sp³-hybridized carbons (Fsp3) is 0.389. The molecule has 1 fully saturated rings. The first-order chi connectivity index (χ1) is 10.6. The molecule has 1 unspecified atom stereocenters. The maximum Gasteiger partial charge on any atom is 0.223 e. The second kappa shape index (κ2) is 5.59. The highest BCUT2D eigenvalue weighted by atomic mass is 19.1. The smallest absolute Gasteiger partial charge is 0.223 e. The molecule has 116 valence electrons. The Morgan fingerprint density at radius 1 is 1.36 bits per heavy atom. The van der Waals surface area contributed by atoms with Crippen LogP contribution in [0.25, 0.3) is 10.8 Å². The lowest BCUT2D eigenvalue weighted by atomic mass is 9.64. The molecule has 1 aliphatic carbocycles. The van der Waals surface area contributed by atoms with Crippen LogP contribution in [0.4, 0.5) is 4.39 Å². The van der Waals surface area contributed by atoms with Gasteiger partial charge in [0.2, 0.25) is 5.91 Å². The molecular formula is C18H20FNO2. The molecule has 0 heterocycles. The summed E-state index contributed by atoms with van der Waals surface area (Å²) in [5.74, 6) is 0.319. The number of hydrogen-bond donors (Lipinski definition) is 1. The van der Waals surface area contributed by atoms with E-state index in [9.17, 15) is 9.18 Å². The molecule has 0 bridgehead atoms. The van der Waals surface area contributed by atoms with Gasteiger partial charge in [0.25, 0.3) is 0 Å². The van der Waals surface area contributed by atoms with Crippen LogP contribution >= 0.6 is 0 Å². The van der Waals surface area contributed by atoms with Gasteiger partial charge in [0.15, 0.2) is 0 Å². The van der Waals surface area contributed by atoms with Gasteiger partial charge in [-0.25, -0.2) is 4.39 Å². The summed E-state index contributed by atoms with van der Waals surface area (Å²) in [4.78, 5) is 11.7. The lowest BCUT2D eigenvalue weighted by Crippen LogP contribution is -2.43. The zero-order valence-corrected chi connectivity index (χ0v) is 12.6. The van der Waals surface area contributed by atoms with Crippen LogP contribution < -0.4 is 10.5 Å². The van der Waals surface area contributed by atoms with Crippen LogP contribution in [0.2, 0.25) is 0 Å². The van der Waals surface area contributed by atoms with Crippen molar-refractivity contribution in [3.63, 3.8) is 0 Å². The lowest BCUT2D eigenvalue weighted by Gasteiger charge is -2.39. The molecular weight excluding hydrogens is 281 g/mol. The van der Waals surface area contributed by atoms with E-state index in [4.69, 9.17) is 10.5 Å². The van der Waals surface area contributed by atoms with Gasteiger partial charge in [0.1, 0.15) is 11.9 Å². The summed E-state index contributed by atoms with van der Waals surface area (Å²) in [5, 5.41) is 1.79. The van der Waals surface area contributed by atoms with Crippen LogP contribution in [0.5, 0.6) is 5.75 Å². The Bertz CT molecular complexity index is 709. The van der Waals surface area contributed by atoms with Crippen LogP contribution in [0.15, 0.2) is 36.4 Å². The third kappa shape index (κ3) is 2.43. The molecule has 2 aromatic rings. The van der Waals surface area contributed by atoms with E-state index in [1.165, 1.54) is 0 Å². The molecule has 0 saturated heterocycles. The molecule has 3 nitrogen and oxygen atoms in total. The Kier molecular flexibility index (Phi) is 3.77. The summed E-state index contributed by atoms with van der Waals surface area (Å²) < 4.78 is 20.2. The highest BCUT2D eigenvalue weighted by molar-refractivity contribution is 5.87. The molecule has 1 amide bonds. The summed E-state index contributed by atoms with van der Waals surface area (Å²) in [6, 6.07) is 11.2. The first kappa shape index (κ1) is 14.8. The van der Waals surface area contributed by atoms with E-state index < -0.39 is 11.6 Å². The van der Waals surface area contributed by atoms with E-state index in [0.29, 0.717) is 24.2 Å². The minimum atomic E-state index is -1.20. The number of nitrogens with two attached hydrogens (primary N) is 1. The van der Waals surface area contributed by atoms with Crippen LogP contribution in [0, 0.1) is 5.41 Å². The summed E-state index contributed by atoms with van der Waals surface area (Å²) in [6.07, 6.45) is 1.29. The number of halogens is 1. The Morgan fingerprint density at radius 2 is 2.14 bits per heavy atom. The highest BCUT2D eigenvalue weighted by Gasteiger charge is 2.44. The quantitative estimate of drug-likeness (QED) is 0.910. The maximum absolute atomic E-state index is 14.9. The van der Waals surface area contributed by atoms with Gasteiger partial charge in [-0.2, -0.15) is 0 Å². The Morgan fingerprint density at radius 3 is 2.73 bits per heavy atom. The van der Waals surface area contributed by atoms with Crippen LogP contribution in [0.3, 0.4) is 0 Å². The number of ether oxygens (including phenoxy) is 1. The highest BCUT2D eigenvalue weighted by Crippen LogP contribution is 2.48. The van der Waals surface area contributed by atoms with Crippen molar-refractivity contribution in [2.75, 3.05) is 7.11 Å². The van der Waals surface area contributed by atoms with Crippen molar-refractivity contribution in [3.8, 4) is 5.75 Å². The number of alkyl halides is 1. The van der Waals surface area contributed by atoms with Gasteiger partial charge in [-0.3, -0.25) is 4.79 Å². The molecule has 3 rings (SSSR count). The van der Waals surface area contributed by atoms with Crippen LogP contribution in [-0.4, -0.2) is 13.0 Å². The molecule has 1 atom stereocenters. The first-order valence-electron chi connectivity index (χ1n) is 7.56. The molecule has 0 radical (unpaired) electrons. The van der Waals surface area contributed by atoms with E-state index in [1.54, 1.807) is 13.2 Å². The van der Waals surface area contributed by atoms with Gasteiger partial charge in [0, 0.05) is 0 Å². The van der Waals surface area contributed by atoms with Gasteiger partial charge < -0.3 is 10.5 Å². The SMILES string of the molecule is COc1ccc2cccc(C(F)CC3(C(N)=O)CCC3)c2c1. The fourth-order valence-corrected chi connectivity index (χ4v) is 3.28. The van der Waals surface area contributed by atoms with Gasteiger partial charge in [-0.05, 0) is 47.7 Å². The van der Waals surface area contributed by atoms with Crippen molar-refractivity contribution in [1.29, 1.82) is 0 Å². The first-order valence-corrected chi connectivity index (χ1v) is 7.56. The summed E-state index contributed by atoms with van der Waals surface area (Å²) in [7, 11) is 1.59. The number of hydrogen-bond acceptors (Lipinski definition) is 2. The third-order valence-electron chi connectivity index (χ3n) is 4.86. The van der Waals surface area contributed by atoms with Gasteiger partial charge in [0.05, 0.1) is 12.5 Å². The molecule has 22 heavy (non-hydrogen) atoms. The largest absolute Gasteiger partial charge is 0.497 e. The van der Waals surface area contributed by atoms with Gasteiger partial charge in [-0.15, -0.1) is 0 Å². The van der Waals surface area contributed by atoms with E-state index in [-0.39, 0.29) is 12.3 Å². The van der Waals surface area contributed by atoms with E-state index >= 15 is 0 Å². The minimum absolute atomic E-state index is 0.165. The summed E-state index contributed by atoms with van der Waals surface area (Å²) in [5.41, 5.74) is 5.43. The van der Waals surface area contributed by atoms with Crippen molar-refractivity contribution >= 4 is 16.7 Å². The number of amides is 1. The number of methoxy groups -OCH3 is 1. The van der Waals surface area contributed by atoms with Crippen LogP contribution in [-0.2, 0) is 4.79 Å². The molecule has 2 aromatic carbocycles. The van der Waals surface area contributed by atoms with Crippen molar-refractivity contribution < 1.29 is 13.9 Å². The molecule has 1 aliphatic rings. The summed E-state index contributed by atoms with van der Waals surface area (Å²) >= 11 is 0. The standard InChI is InChI=1S/C18H20FNO2/c1-22-13-7-6-12-4-2-5-14(15(12)10-13)16(19)11-18(17(20)21)8-3-9-18/h2,4-7,10,16H,3,8-9,11H2,1H3,(H2,20,21). The average molecular weight is 301 g/mol. The minimum Gasteiger partial charge on any atom is -0.497 e. The Hall–Kier alpha value is -2.10. The molecule has 0 spiro atoms. The number of fused-ring (bicyclic) bond motifs is 1. The topological polar surface area (TPSA) is 52.3 Å². The molecule has 2 N–H and O–H groups in total. The van der Waals surface area contributed by atoms with E-state index in [1.807, 2.05) is 30.3 Å². The van der Waals surface area contributed by atoms with Crippen molar-refractivity contribution in [1.82, 2.24) is 0 Å². The van der Waals surface area contributed by atoms with Gasteiger partial charge >= 0.3 is 0 Å². The number of rotatable bonds is 5. The molecule has 1 saturated carbocycles. The predicted octanol–water partition coefficient (Wildman–Crippen LogP) is 3.90. The number of carbonyl (C=O) groups excluding carboxylic acids is 1. The summed E-state index contributed by atoms with van der Waals surface area (Å²) in [6.45, 7) is 0. The molecule has 4 heteroatoms. The number of primary amides is 1. The number of benzene rings is 2. The van der Waals surface area contributed by atoms with E-state index in [0.717, 1.165) is 17.2 Å². The van der Waals surface area contributed by atoms with Gasteiger partial charge in [-0.1, -0.05) is 30.7 Å². The second-order valence-corrected chi connectivity index (χ2v) is 6.10. The maximum atomic E-state index is 14.9. The molecule has 0 aliphatic heterocycles. The van der Waals surface area contributed by atoms with Crippen molar-refractivity contribution in [2.45, 2.75) is 31.9 Å². The predicted molar refractivity (Wildman–Crippen MR) is 84.4 cm³/mol. The second-order valence-electron chi connectivity index (χ2n) is 6.10. The van der Waals surface area contributed by atoms with E-state index in [2.05, 4.69) is 0 Å².